The summed E-state index contributed by atoms with van der Waals surface area (Å²) in [5, 5.41) is 6.35. The highest BCUT2D eigenvalue weighted by atomic mass is 32.2. The molecule has 2 aliphatic rings. The fraction of sp³-hybridized carbons (Fsp3) is 0.909. The maximum absolute atomic E-state index is 11.8. The molecule has 2 fully saturated rings. The molecule has 1 saturated carbocycles. The van der Waals surface area contributed by atoms with Crippen molar-refractivity contribution in [2.75, 3.05) is 11.6 Å². The summed E-state index contributed by atoms with van der Waals surface area (Å²) in [7, 11) is 0. The number of carbonyl (C=O) groups is 1. The molecule has 1 aliphatic carbocycles. The van der Waals surface area contributed by atoms with Crippen LogP contribution in [-0.4, -0.2) is 29.6 Å². The van der Waals surface area contributed by atoms with Crippen LogP contribution in [-0.2, 0) is 4.79 Å². The second-order valence-electron chi connectivity index (χ2n) is 4.61. The van der Waals surface area contributed by atoms with Gasteiger partial charge in [-0.05, 0) is 25.7 Å². The van der Waals surface area contributed by atoms with Gasteiger partial charge >= 0.3 is 0 Å². The van der Waals surface area contributed by atoms with Gasteiger partial charge in [-0.1, -0.05) is 12.8 Å². The second-order valence-corrected chi connectivity index (χ2v) is 5.64. The molecule has 1 amide bonds. The smallest absolute Gasteiger partial charge is 0.238 e. The third-order valence-corrected chi connectivity index (χ3v) is 4.45. The fourth-order valence-electron chi connectivity index (χ4n) is 2.46. The summed E-state index contributed by atoms with van der Waals surface area (Å²) in [5.74, 6) is 2.74. The van der Waals surface area contributed by atoms with Crippen molar-refractivity contribution < 1.29 is 4.79 Å². The Morgan fingerprint density at radius 1 is 1.47 bits per heavy atom. The van der Waals surface area contributed by atoms with Gasteiger partial charge in [0.15, 0.2) is 0 Å². The van der Waals surface area contributed by atoms with E-state index in [1.807, 2.05) is 0 Å². The Kier molecular flexibility index (Phi) is 3.92. The van der Waals surface area contributed by atoms with Gasteiger partial charge in [0.05, 0.1) is 6.04 Å². The van der Waals surface area contributed by atoms with E-state index in [1.165, 1.54) is 25.7 Å². The molecule has 1 saturated heterocycles. The monoisotopic (exact) mass is 228 g/mol. The van der Waals surface area contributed by atoms with Crippen molar-refractivity contribution in [2.24, 2.45) is 5.92 Å². The normalized spacial score (nSPS) is 29.3. The summed E-state index contributed by atoms with van der Waals surface area (Å²) >= 11 is 1.80. The van der Waals surface area contributed by atoms with Crippen LogP contribution < -0.4 is 10.6 Å². The Labute approximate surface area is 95.8 Å². The van der Waals surface area contributed by atoms with Gasteiger partial charge in [0.25, 0.3) is 0 Å². The van der Waals surface area contributed by atoms with Gasteiger partial charge in [-0.3, -0.25) is 10.1 Å². The van der Waals surface area contributed by atoms with Crippen LogP contribution in [0, 0.1) is 5.92 Å². The van der Waals surface area contributed by atoms with E-state index in [0.29, 0.717) is 12.0 Å². The zero-order valence-electron chi connectivity index (χ0n) is 9.29. The van der Waals surface area contributed by atoms with Gasteiger partial charge < -0.3 is 5.32 Å². The molecule has 1 aliphatic heterocycles. The summed E-state index contributed by atoms with van der Waals surface area (Å²) < 4.78 is 0. The number of hydrogen-bond acceptors (Lipinski definition) is 3. The minimum Gasteiger partial charge on any atom is -0.352 e. The molecule has 0 bridgehead atoms. The first kappa shape index (κ1) is 11.3. The van der Waals surface area contributed by atoms with Crippen molar-refractivity contribution in [1.82, 2.24) is 10.6 Å². The number of thioether (sulfide) groups is 1. The SMILES string of the molecule is C[C@@H](NC(=O)C1CSCN1)C1CCCC1. The van der Waals surface area contributed by atoms with Crippen LogP contribution in [0.3, 0.4) is 0 Å². The minimum absolute atomic E-state index is 0.0406. The summed E-state index contributed by atoms with van der Waals surface area (Å²) in [4.78, 5) is 11.8. The minimum atomic E-state index is 0.0406. The van der Waals surface area contributed by atoms with Crippen molar-refractivity contribution in [3.8, 4) is 0 Å². The van der Waals surface area contributed by atoms with E-state index >= 15 is 0 Å². The van der Waals surface area contributed by atoms with Crippen LogP contribution in [0.25, 0.3) is 0 Å². The van der Waals surface area contributed by atoms with Crippen LogP contribution in [0.4, 0.5) is 0 Å². The molecule has 0 aromatic carbocycles. The standard InChI is InChI=1S/C11H20N2OS/c1-8(9-4-2-3-5-9)13-11(14)10-6-15-7-12-10/h8-10,12H,2-7H2,1H3,(H,13,14)/t8-,10?/m1/s1. The zero-order valence-corrected chi connectivity index (χ0v) is 10.1. The Hall–Kier alpha value is -0.220. The number of amides is 1. The number of hydrogen-bond donors (Lipinski definition) is 2. The summed E-state index contributed by atoms with van der Waals surface area (Å²) in [6.45, 7) is 2.15. The van der Waals surface area contributed by atoms with Crippen LogP contribution in [0.5, 0.6) is 0 Å². The molecule has 2 N–H and O–H groups in total. The van der Waals surface area contributed by atoms with E-state index in [9.17, 15) is 4.79 Å². The molecule has 0 aromatic rings. The first-order valence-electron chi connectivity index (χ1n) is 5.89. The van der Waals surface area contributed by atoms with Gasteiger partial charge in [-0.25, -0.2) is 0 Å². The van der Waals surface area contributed by atoms with Gasteiger partial charge in [-0.2, -0.15) is 0 Å². The van der Waals surface area contributed by atoms with Crippen LogP contribution in [0.1, 0.15) is 32.6 Å². The highest BCUT2D eigenvalue weighted by Crippen LogP contribution is 2.27. The van der Waals surface area contributed by atoms with E-state index in [2.05, 4.69) is 17.6 Å². The van der Waals surface area contributed by atoms with E-state index in [-0.39, 0.29) is 11.9 Å². The van der Waals surface area contributed by atoms with Crippen molar-refractivity contribution in [2.45, 2.75) is 44.7 Å². The molecule has 1 unspecified atom stereocenters. The largest absolute Gasteiger partial charge is 0.352 e. The highest BCUT2D eigenvalue weighted by molar-refractivity contribution is 7.99. The molecule has 2 atom stereocenters. The predicted molar refractivity (Wildman–Crippen MR) is 63.8 cm³/mol. The van der Waals surface area contributed by atoms with Crippen molar-refractivity contribution in [3.05, 3.63) is 0 Å². The number of rotatable bonds is 3. The lowest BCUT2D eigenvalue weighted by Crippen LogP contribution is -2.47. The van der Waals surface area contributed by atoms with Gasteiger partial charge in [0.2, 0.25) is 5.91 Å². The van der Waals surface area contributed by atoms with E-state index in [4.69, 9.17) is 0 Å². The first-order chi connectivity index (χ1) is 7.27. The van der Waals surface area contributed by atoms with Gasteiger partial charge in [0, 0.05) is 17.7 Å². The van der Waals surface area contributed by atoms with Crippen LogP contribution >= 0.6 is 11.8 Å². The summed E-state index contributed by atoms with van der Waals surface area (Å²) in [6, 6.07) is 0.395. The first-order valence-corrected chi connectivity index (χ1v) is 7.04. The van der Waals surface area contributed by atoms with E-state index < -0.39 is 0 Å². The molecule has 2 rings (SSSR count). The summed E-state index contributed by atoms with van der Waals surface area (Å²) in [5.41, 5.74) is 0. The molecule has 0 aromatic heterocycles. The average molecular weight is 228 g/mol. The van der Waals surface area contributed by atoms with Crippen molar-refractivity contribution >= 4 is 17.7 Å². The van der Waals surface area contributed by atoms with Gasteiger partial charge in [0.1, 0.15) is 0 Å². The molecule has 86 valence electrons. The average Bonchev–Trinajstić information content (AvgIpc) is 2.91. The van der Waals surface area contributed by atoms with Crippen molar-refractivity contribution in [1.29, 1.82) is 0 Å². The maximum atomic E-state index is 11.8. The lowest BCUT2D eigenvalue weighted by atomic mass is 9.99. The maximum Gasteiger partial charge on any atom is 0.238 e. The van der Waals surface area contributed by atoms with Gasteiger partial charge in [-0.15, -0.1) is 11.8 Å². The van der Waals surface area contributed by atoms with Crippen LogP contribution in [0.2, 0.25) is 0 Å². The summed E-state index contributed by atoms with van der Waals surface area (Å²) in [6.07, 6.45) is 5.24. The second kappa shape index (κ2) is 5.21. The topological polar surface area (TPSA) is 41.1 Å². The highest BCUT2D eigenvalue weighted by Gasteiger charge is 2.27. The Morgan fingerprint density at radius 2 is 2.20 bits per heavy atom. The fourth-order valence-corrected chi connectivity index (χ4v) is 3.41. The lowest BCUT2D eigenvalue weighted by molar-refractivity contribution is -0.123. The van der Waals surface area contributed by atoms with E-state index in [1.54, 1.807) is 11.8 Å². The lowest BCUT2D eigenvalue weighted by Gasteiger charge is -2.22. The molecular formula is C11H20N2OS. The zero-order chi connectivity index (χ0) is 10.7. The molecular weight excluding hydrogens is 208 g/mol. The number of carbonyl (C=O) groups excluding carboxylic acids is 1. The van der Waals surface area contributed by atoms with E-state index in [0.717, 1.165) is 11.6 Å². The quantitative estimate of drug-likeness (QED) is 0.766. The van der Waals surface area contributed by atoms with Crippen molar-refractivity contribution in [3.63, 3.8) is 0 Å². The molecule has 4 heteroatoms. The third-order valence-electron chi connectivity index (χ3n) is 3.51. The third kappa shape index (κ3) is 2.88. The molecule has 0 spiro atoms. The molecule has 3 nitrogen and oxygen atoms in total. The molecule has 0 radical (unpaired) electrons. The Morgan fingerprint density at radius 3 is 2.80 bits per heavy atom. The van der Waals surface area contributed by atoms with Crippen LogP contribution in [0.15, 0.2) is 0 Å². The Bertz CT molecular complexity index is 223. The Balaban J connectivity index is 1.77. The predicted octanol–water partition coefficient (Wildman–Crippen LogP) is 1.34. The molecule has 15 heavy (non-hydrogen) atoms. The number of nitrogens with one attached hydrogen (secondary N) is 2. The molecule has 1 heterocycles.